The van der Waals surface area contributed by atoms with Crippen LogP contribution < -0.4 is 5.30 Å². The van der Waals surface area contributed by atoms with Crippen LogP contribution in [0.3, 0.4) is 0 Å². The van der Waals surface area contributed by atoms with Gasteiger partial charge in [-0.05, 0) is 23.7 Å². The molecule has 0 aliphatic rings. The minimum Gasteiger partial charge on any atom is -0.269 e. The molecular weight excluding hydrogens is 313 g/mol. The molecule has 0 amide bonds. The van der Waals surface area contributed by atoms with E-state index in [1.807, 2.05) is 0 Å². The first-order chi connectivity index (χ1) is 7.36. The van der Waals surface area contributed by atoms with Gasteiger partial charge in [0.05, 0.1) is 0 Å². The molecule has 0 radical (unpaired) electrons. The average molecular weight is 334 g/mol. The highest BCUT2D eigenvalue weighted by Gasteiger charge is 2.04. The van der Waals surface area contributed by atoms with E-state index in [1.165, 1.54) is 17.0 Å². The van der Waals surface area contributed by atoms with Gasteiger partial charge in [0.15, 0.2) is 0 Å². The zero-order valence-corrected chi connectivity index (χ0v) is 12.3. The third-order valence-corrected chi connectivity index (χ3v) is 4.48. The fourth-order valence-corrected chi connectivity index (χ4v) is 3.25. The van der Waals surface area contributed by atoms with Gasteiger partial charge in [-0.15, -0.1) is 0 Å². The quantitative estimate of drug-likeness (QED) is 0.571. The summed E-state index contributed by atoms with van der Waals surface area (Å²) in [4.78, 5) is 0. The average Bonchev–Trinajstić information content (AvgIpc) is 2.31. The first-order valence-corrected chi connectivity index (χ1v) is 7.14. The van der Waals surface area contributed by atoms with Crippen molar-refractivity contribution in [3.05, 3.63) is 66.2 Å². The highest BCUT2D eigenvalue weighted by Crippen LogP contribution is 2.33. The molecule has 124 valence electrons. The lowest BCUT2D eigenvalue weighted by Crippen LogP contribution is -2.00. The normalized spacial score (nSPS) is 8.81. The summed E-state index contributed by atoms with van der Waals surface area (Å²) in [5.74, 6) is 0. The molecular formula is C14H21F6P. The second kappa shape index (κ2) is 16.5. The zero-order chi connectivity index (χ0) is 10.5. The Morgan fingerprint density at radius 3 is 1.43 bits per heavy atom. The molecule has 0 saturated carbocycles. The lowest BCUT2D eigenvalue weighted by Gasteiger charge is -2.12. The summed E-state index contributed by atoms with van der Waals surface area (Å²) in [6.45, 7) is 2.34. The number of hydrogen-bond donors (Lipinski definition) is 0. The van der Waals surface area contributed by atoms with Crippen molar-refractivity contribution in [3.8, 4) is 0 Å². The van der Waals surface area contributed by atoms with Crippen molar-refractivity contribution < 1.29 is 28.2 Å². The summed E-state index contributed by atoms with van der Waals surface area (Å²) in [6, 6.07) is 21.5. The Bertz CT molecular complexity index is 412. The van der Waals surface area contributed by atoms with E-state index in [0.29, 0.717) is 0 Å². The van der Waals surface area contributed by atoms with E-state index in [4.69, 9.17) is 0 Å². The van der Waals surface area contributed by atoms with Gasteiger partial charge in [-0.25, -0.2) is 0 Å². The Morgan fingerprint density at radius 2 is 1.00 bits per heavy atom. The van der Waals surface area contributed by atoms with E-state index < -0.39 is 0 Å². The lowest BCUT2D eigenvalue weighted by molar-refractivity contribution is 1.11. The minimum absolute atomic E-state index is 0. The largest absolute Gasteiger partial charge is 0.269 e. The Kier molecular flexibility index (Phi) is 24.9. The van der Waals surface area contributed by atoms with Crippen LogP contribution in [0.1, 0.15) is 5.56 Å². The predicted molar refractivity (Wildman–Crippen MR) is 84.1 cm³/mol. The van der Waals surface area contributed by atoms with Gasteiger partial charge in [0, 0.05) is 0 Å². The number of hydrogen-bond acceptors (Lipinski definition) is 0. The molecule has 2 aromatic carbocycles. The predicted octanol–water partition coefficient (Wildman–Crippen LogP) is 4.54. The number of benzene rings is 2. The first-order valence-electron chi connectivity index (χ1n) is 5.16. The van der Waals surface area contributed by atoms with Crippen molar-refractivity contribution in [1.82, 2.24) is 0 Å². The van der Waals surface area contributed by atoms with Crippen LogP contribution in [0.15, 0.2) is 60.7 Å². The van der Waals surface area contributed by atoms with Gasteiger partial charge in [0.2, 0.25) is 0 Å². The smallest absolute Gasteiger partial charge is 0.00353 e. The van der Waals surface area contributed by atoms with Crippen molar-refractivity contribution in [3.63, 3.8) is 0 Å². The summed E-state index contributed by atoms with van der Waals surface area (Å²) in [5, 5.41) is 1.48. The van der Waals surface area contributed by atoms with E-state index in [0.717, 1.165) is 0 Å². The molecule has 1 atom stereocenters. The summed E-state index contributed by atoms with van der Waals surface area (Å²) < 4.78 is 0. The molecule has 7 heteroatoms. The van der Waals surface area contributed by atoms with E-state index in [9.17, 15) is 0 Å². The standard InChI is InChI=1S/C14H15P.6FH/c1-15(14-10-6-3-7-11-14)12-13-8-4-2-5-9-13;;;;;;/h2-11H,12H2,1H3;6*1H. The molecule has 21 heavy (non-hydrogen) atoms. The second-order valence-corrected chi connectivity index (χ2v) is 5.91. The number of halogens is 6. The molecule has 2 rings (SSSR count). The van der Waals surface area contributed by atoms with Crippen LogP contribution in [0.4, 0.5) is 28.2 Å². The van der Waals surface area contributed by atoms with E-state index in [1.54, 1.807) is 0 Å². The summed E-state index contributed by atoms with van der Waals surface area (Å²) >= 11 is 0. The molecule has 0 saturated heterocycles. The van der Waals surface area contributed by atoms with Gasteiger partial charge in [0.1, 0.15) is 0 Å². The van der Waals surface area contributed by atoms with Crippen molar-refractivity contribution in [1.29, 1.82) is 0 Å². The van der Waals surface area contributed by atoms with Gasteiger partial charge in [-0.3, -0.25) is 28.2 Å². The van der Waals surface area contributed by atoms with Gasteiger partial charge in [-0.2, -0.15) is 0 Å². The second-order valence-electron chi connectivity index (χ2n) is 3.68. The SMILES string of the molecule is CP(Cc1ccccc1)c1ccccc1.F.F.F.F.F.F. The molecule has 0 heterocycles. The minimum atomic E-state index is -0.0520. The molecule has 0 fully saturated rings. The highest BCUT2D eigenvalue weighted by molar-refractivity contribution is 7.64. The van der Waals surface area contributed by atoms with Crippen LogP contribution in [0.5, 0.6) is 0 Å². The van der Waals surface area contributed by atoms with Gasteiger partial charge >= 0.3 is 0 Å². The molecule has 0 N–H and O–H groups in total. The van der Waals surface area contributed by atoms with Crippen LogP contribution in [-0.4, -0.2) is 6.66 Å². The maximum atomic E-state index is 2.34. The van der Waals surface area contributed by atoms with E-state index in [-0.39, 0.29) is 36.1 Å². The molecule has 0 aliphatic carbocycles. The van der Waals surface area contributed by atoms with Crippen LogP contribution in [0.2, 0.25) is 0 Å². The Labute approximate surface area is 121 Å². The Hall–Kier alpha value is -1.55. The molecule has 0 bridgehead atoms. The summed E-state index contributed by atoms with van der Waals surface area (Å²) in [5.41, 5.74) is 1.44. The maximum Gasteiger partial charge on any atom is -0.00353 e. The van der Waals surface area contributed by atoms with Crippen molar-refractivity contribution in [2.45, 2.75) is 6.16 Å². The third kappa shape index (κ3) is 9.91. The molecule has 1 unspecified atom stereocenters. The number of rotatable bonds is 3. The monoisotopic (exact) mass is 334 g/mol. The van der Waals surface area contributed by atoms with Crippen molar-refractivity contribution in [2.75, 3.05) is 6.66 Å². The van der Waals surface area contributed by atoms with E-state index in [2.05, 4.69) is 67.3 Å². The fraction of sp³-hybridized carbons (Fsp3) is 0.143. The molecule has 0 aromatic heterocycles. The van der Waals surface area contributed by atoms with Crippen molar-refractivity contribution in [2.24, 2.45) is 0 Å². The highest BCUT2D eigenvalue weighted by atomic mass is 31.1. The van der Waals surface area contributed by atoms with Gasteiger partial charge in [0.25, 0.3) is 0 Å². The first kappa shape index (κ1) is 31.7. The van der Waals surface area contributed by atoms with Crippen LogP contribution in [-0.2, 0) is 6.16 Å². The van der Waals surface area contributed by atoms with Crippen LogP contribution >= 0.6 is 7.92 Å². The van der Waals surface area contributed by atoms with Gasteiger partial charge in [-0.1, -0.05) is 68.6 Å². The molecule has 0 aliphatic heterocycles. The summed E-state index contributed by atoms with van der Waals surface area (Å²) in [6.07, 6.45) is 1.18. The lowest BCUT2D eigenvalue weighted by atomic mass is 10.2. The molecule has 0 nitrogen and oxygen atoms in total. The fourth-order valence-electron chi connectivity index (χ4n) is 1.63. The Balaban J connectivity index is -0.000000142. The molecule has 0 spiro atoms. The molecule has 2 aromatic rings. The maximum absolute atomic E-state index is 2.34. The van der Waals surface area contributed by atoms with Crippen LogP contribution in [0.25, 0.3) is 0 Å². The van der Waals surface area contributed by atoms with Gasteiger partial charge < -0.3 is 0 Å². The van der Waals surface area contributed by atoms with Crippen LogP contribution in [0, 0.1) is 0 Å². The Morgan fingerprint density at radius 1 is 0.619 bits per heavy atom. The van der Waals surface area contributed by atoms with Crippen molar-refractivity contribution >= 4 is 13.2 Å². The van der Waals surface area contributed by atoms with E-state index >= 15 is 0 Å². The third-order valence-electron chi connectivity index (χ3n) is 2.46. The topological polar surface area (TPSA) is 0 Å². The zero-order valence-electron chi connectivity index (χ0n) is 11.4. The summed E-state index contributed by atoms with van der Waals surface area (Å²) in [7, 11) is -0.0520.